The fraction of sp³-hybridized carbons (Fsp3) is 0.667. The first-order valence-electron chi connectivity index (χ1n) is 8.22. The number of rotatable bonds is 4. The highest BCUT2D eigenvalue weighted by Gasteiger charge is 2.37. The van der Waals surface area contributed by atoms with Gasteiger partial charge in [0.15, 0.2) is 0 Å². The third-order valence-electron chi connectivity index (χ3n) is 5.51. The van der Waals surface area contributed by atoms with E-state index in [0.29, 0.717) is 6.04 Å². The Morgan fingerprint density at radius 2 is 1.55 bits per heavy atom. The molecule has 0 heterocycles. The van der Waals surface area contributed by atoms with Crippen LogP contribution < -0.4 is 5.32 Å². The molecule has 110 valence electrons. The summed E-state index contributed by atoms with van der Waals surface area (Å²) in [6.45, 7) is 1.10. The molecule has 20 heavy (non-hydrogen) atoms. The van der Waals surface area contributed by atoms with Crippen LogP contribution in [0, 0.1) is 5.41 Å². The van der Waals surface area contributed by atoms with Crippen LogP contribution in [0.25, 0.3) is 0 Å². The van der Waals surface area contributed by atoms with Crippen LogP contribution in [0.3, 0.4) is 0 Å². The number of aliphatic hydroxyl groups is 1. The van der Waals surface area contributed by atoms with Gasteiger partial charge in [-0.15, -0.1) is 0 Å². The minimum Gasteiger partial charge on any atom is -0.392 e. The summed E-state index contributed by atoms with van der Waals surface area (Å²) in [6, 6.07) is 9.00. The van der Waals surface area contributed by atoms with E-state index in [2.05, 4.69) is 17.4 Å². The zero-order chi connectivity index (χ0) is 13.8. The molecule has 2 fully saturated rings. The monoisotopic (exact) mass is 273 g/mol. The standard InChI is InChI=1S/C18H27NO/c20-14-16-5-3-15(4-6-16)13-19-17-7-11-18(12-8-17)9-1-2-10-18/h3-6,17,19-20H,1-2,7-14H2. The smallest absolute Gasteiger partial charge is 0.0681 e. The molecule has 2 nitrogen and oxygen atoms in total. The van der Waals surface area contributed by atoms with Crippen molar-refractivity contribution in [3.05, 3.63) is 35.4 Å². The predicted molar refractivity (Wildman–Crippen MR) is 82.4 cm³/mol. The van der Waals surface area contributed by atoms with Crippen LogP contribution in [-0.4, -0.2) is 11.1 Å². The van der Waals surface area contributed by atoms with Gasteiger partial charge in [0.2, 0.25) is 0 Å². The Balaban J connectivity index is 1.45. The van der Waals surface area contributed by atoms with Gasteiger partial charge in [0.25, 0.3) is 0 Å². The van der Waals surface area contributed by atoms with E-state index in [1.807, 2.05) is 12.1 Å². The van der Waals surface area contributed by atoms with E-state index in [-0.39, 0.29) is 6.61 Å². The van der Waals surface area contributed by atoms with E-state index < -0.39 is 0 Å². The molecule has 0 radical (unpaired) electrons. The molecule has 2 aliphatic carbocycles. The Morgan fingerprint density at radius 1 is 0.950 bits per heavy atom. The van der Waals surface area contributed by atoms with Crippen molar-refractivity contribution in [3.63, 3.8) is 0 Å². The molecule has 2 heteroatoms. The molecule has 2 saturated carbocycles. The normalized spacial score (nSPS) is 22.4. The summed E-state index contributed by atoms with van der Waals surface area (Å²) in [6.07, 6.45) is 11.5. The number of benzene rings is 1. The molecular formula is C18H27NO. The van der Waals surface area contributed by atoms with E-state index in [0.717, 1.165) is 17.5 Å². The van der Waals surface area contributed by atoms with Gasteiger partial charge in [-0.2, -0.15) is 0 Å². The van der Waals surface area contributed by atoms with Gasteiger partial charge >= 0.3 is 0 Å². The summed E-state index contributed by atoms with van der Waals surface area (Å²) in [5.74, 6) is 0. The lowest BCUT2D eigenvalue weighted by atomic mass is 9.71. The highest BCUT2D eigenvalue weighted by Crippen LogP contribution is 2.48. The first-order valence-corrected chi connectivity index (χ1v) is 8.22. The van der Waals surface area contributed by atoms with Crippen LogP contribution in [-0.2, 0) is 13.2 Å². The van der Waals surface area contributed by atoms with Gasteiger partial charge in [0.1, 0.15) is 0 Å². The van der Waals surface area contributed by atoms with Crippen LogP contribution in [0.15, 0.2) is 24.3 Å². The second kappa shape index (κ2) is 6.28. The lowest BCUT2D eigenvalue weighted by molar-refractivity contribution is 0.168. The van der Waals surface area contributed by atoms with Gasteiger partial charge in [-0.25, -0.2) is 0 Å². The van der Waals surface area contributed by atoms with Gasteiger partial charge in [-0.3, -0.25) is 0 Å². The first kappa shape index (κ1) is 14.1. The second-order valence-corrected chi connectivity index (χ2v) is 6.84. The molecule has 0 bridgehead atoms. The lowest BCUT2D eigenvalue weighted by Gasteiger charge is -2.37. The summed E-state index contributed by atoms with van der Waals surface area (Å²) in [7, 11) is 0. The maximum Gasteiger partial charge on any atom is 0.0681 e. The van der Waals surface area contributed by atoms with Crippen LogP contribution >= 0.6 is 0 Å². The third-order valence-corrected chi connectivity index (χ3v) is 5.51. The van der Waals surface area contributed by atoms with Gasteiger partial charge in [0.05, 0.1) is 6.61 Å². The highest BCUT2D eigenvalue weighted by molar-refractivity contribution is 5.21. The Morgan fingerprint density at radius 3 is 2.15 bits per heavy atom. The highest BCUT2D eigenvalue weighted by atomic mass is 16.3. The second-order valence-electron chi connectivity index (χ2n) is 6.84. The fourth-order valence-corrected chi connectivity index (χ4v) is 4.08. The molecular weight excluding hydrogens is 246 g/mol. The van der Waals surface area contributed by atoms with Crippen LogP contribution in [0.5, 0.6) is 0 Å². The van der Waals surface area contributed by atoms with Crippen molar-refractivity contribution in [2.24, 2.45) is 5.41 Å². The SMILES string of the molecule is OCc1ccc(CNC2CCC3(CCCC3)CC2)cc1. The van der Waals surface area contributed by atoms with E-state index in [4.69, 9.17) is 5.11 Å². The number of hydrogen-bond donors (Lipinski definition) is 2. The number of aliphatic hydroxyl groups excluding tert-OH is 1. The Labute approximate surface area is 122 Å². The molecule has 1 spiro atoms. The maximum absolute atomic E-state index is 9.05. The minimum atomic E-state index is 0.137. The molecule has 1 aromatic rings. The van der Waals surface area contributed by atoms with Gasteiger partial charge in [0, 0.05) is 12.6 Å². The Bertz CT molecular complexity index is 410. The van der Waals surface area contributed by atoms with E-state index in [9.17, 15) is 0 Å². The van der Waals surface area contributed by atoms with Gasteiger partial charge < -0.3 is 10.4 Å². The minimum absolute atomic E-state index is 0.137. The predicted octanol–water partition coefficient (Wildman–Crippen LogP) is 3.77. The average Bonchev–Trinajstić information content (AvgIpc) is 2.96. The molecule has 3 rings (SSSR count). The molecule has 0 amide bonds. The molecule has 2 aliphatic rings. The molecule has 0 saturated heterocycles. The Kier molecular flexibility index (Phi) is 4.42. The largest absolute Gasteiger partial charge is 0.392 e. The van der Waals surface area contributed by atoms with Crippen molar-refractivity contribution in [2.45, 2.75) is 70.6 Å². The molecule has 0 atom stereocenters. The molecule has 0 aromatic heterocycles. The van der Waals surface area contributed by atoms with Crippen molar-refractivity contribution < 1.29 is 5.11 Å². The topological polar surface area (TPSA) is 32.3 Å². The van der Waals surface area contributed by atoms with Crippen LogP contribution in [0.4, 0.5) is 0 Å². The molecule has 0 unspecified atom stereocenters. The Hall–Kier alpha value is -0.860. The van der Waals surface area contributed by atoms with Crippen molar-refractivity contribution in [1.82, 2.24) is 5.32 Å². The van der Waals surface area contributed by atoms with Crippen molar-refractivity contribution in [2.75, 3.05) is 0 Å². The number of hydrogen-bond acceptors (Lipinski definition) is 2. The zero-order valence-corrected chi connectivity index (χ0v) is 12.4. The molecule has 1 aromatic carbocycles. The summed E-state index contributed by atoms with van der Waals surface area (Å²) in [5, 5.41) is 12.8. The summed E-state index contributed by atoms with van der Waals surface area (Å²) >= 11 is 0. The van der Waals surface area contributed by atoms with Crippen molar-refractivity contribution >= 4 is 0 Å². The zero-order valence-electron chi connectivity index (χ0n) is 12.4. The third kappa shape index (κ3) is 3.24. The van der Waals surface area contributed by atoms with Gasteiger partial charge in [-0.1, -0.05) is 37.1 Å². The summed E-state index contributed by atoms with van der Waals surface area (Å²) in [5.41, 5.74) is 3.05. The van der Waals surface area contributed by atoms with Crippen LogP contribution in [0.2, 0.25) is 0 Å². The average molecular weight is 273 g/mol. The fourth-order valence-electron chi connectivity index (χ4n) is 4.08. The van der Waals surface area contributed by atoms with E-state index in [1.54, 1.807) is 0 Å². The summed E-state index contributed by atoms with van der Waals surface area (Å²) in [4.78, 5) is 0. The summed E-state index contributed by atoms with van der Waals surface area (Å²) < 4.78 is 0. The molecule has 0 aliphatic heterocycles. The quantitative estimate of drug-likeness (QED) is 0.875. The number of nitrogens with one attached hydrogen (secondary N) is 1. The van der Waals surface area contributed by atoms with Crippen LogP contribution in [0.1, 0.15) is 62.5 Å². The van der Waals surface area contributed by atoms with Gasteiger partial charge in [-0.05, 0) is 55.1 Å². The van der Waals surface area contributed by atoms with E-state index in [1.165, 1.54) is 56.9 Å². The van der Waals surface area contributed by atoms with E-state index >= 15 is 0 Å². The van der Waals surface area contributed by atoms with Crippen molar-refractivity contribution in [3.8, 4) is 0 Å². The first-order chi connectivity index (χ1) is 9.80. The van der Waals surface area contributed by atoms with Crippen molar-refractivity contribution in [1.29, 1.82) is 0 Å². The lowest BCUT2D eigenvalue weighted by Crippen LogP contribution is -2.36. The molecule has 2 N–H and O–H groups in total. The maximum atomic E-state index is 9.05.